The molecule has 0 saturated heterocycles. The predicted octanol–water partition coefficient (Wildman–Crippen LogP) is 37.8. The predicted molar refractivity (Wildman–Crippen MR) is 633 cm³/mol. The topological polar surface area (TPSA) is 92.1 Å². The Kier molecular flexibility index (Phi) is 22.3. The molecule has 702 valence electrons. The highest BCUT2D eigenvalue weighted by atomic mass is 32.1. The van der Waals surface area contributed by atoms with Crippen LogP contribution in [0.1, 0.15) is 0 Å². The second-order valence-electron chi connectivity index (χ2n) is 37.8. The molecule has 0 atom stereocenters. The van der Waals surface area contributed by atoms with Gasteiger partial charge in [0.05, 0.1) is 80.8 Å². The fourth-order valence-electron chi connectivity index (χ4n) is 21.9. The van der Waals surface area contributed by atoms with Crippen molar-refractivity contribution >= 4 is 160 Å². The molecule has 12 heteroatoms. The van der Waals surface area contributed by atoms with Crippen LogP contribution in [0, 0.1) is 0 Å². The van der Waals surface area contributed by atoms with Crippen molar-refractivity contribution < 1.29 is 0 Å². The molecule has 9 heterocycles. The highest BCUT2D eigenvalue weighted by Crippen LogP contribution is 2.51. The van der Waals surface area contributed by atoms with Crippen molar-refractivity contribution in [2.24, 2.45) is 0 Å². The molecule has 0 saturated carbocycles. The number of aromatic nitrogens is 9. The fraction of sp³-hybridized carbons (Fsp3) is 0. The van der Waals surface area contributed by atoms with Crippen LogP contribution < -0.4 is 0 Å². The van der Waals surface area contributed by atoms with Crippen molar-refractivity contribution in [2.75, 3.05) is 0 Å². The minimum atomic E-state index is 0.728. The normalized spacial score (nSPS) is 11.6. The van der Waals surface area contributed by atoms with E-state index in [1.165, 1.54) is 124 Å². The molecule has 9 nitrogen and oxygen atoms in total. The van der Waals surface area contributed by atoms with Crippen molar-refractivity contribution in [1.29, 1.82) is 0 Å². The number of benzene rings is 21. The molecule has 0 fully saturated rings. The lowest BCUT2D eigenvalue weighted by Gasteiger charge is -2.12. The van der Waals surface area contributed by atoms with Crippen LogP contribution in [0.4, 0.5) is 0 Å². The lowest BCUT2D eigenvalue weighted by Crippen LogP contribution is -1.95. The van der Waals surface area contributed by atoms with Crippen molar-refractivity contribution in [1.82, 2.24) is 43.6 Å². The molecule has 0 unspecified atom stereocenters. The van der Waals surface area contributed by atoms with E-state index >= 15 is 0 Å². The van der Waals surface area contributed by atoms with Crippen LogP contribution in [0.25, 0.3) is 278 Å². The standard InChI is InChI=1S/3C46H29N3S/c1-4-14-30(15-5-1)33-26-27-40-38(29-33)37-22-10-11-24-39(37)49(40)35-21-12-20-34(28-35)36-23-13-25-41-42(36)44-45(50-41)43(31-16-6-2-7-17-31)47-46(48-44)32-18-8-3-9-19-32;1-3-14-30(15-4-1)32-18-11-20-34(28-32)43-45-44(48-46(47-43)31-16-5-2-6-17-31)42-36(24-13-27-41(42)50-45)33-19-12-21-35(29-33)49-39-25-9-7-22-37(39)38-23-8-10-26-40(38)49;1-3-13-30(14-4-1)31-25-27-32(28-26-31)43-45-44(48-46(47-43)33-15-5-2-6-16-33)42-36(21-12-24-41(42)50-45)34-17-11-18-35(29-34)49-39-22-9-7-19-37(39)38-20-8-10-23-40(38)49/h3*1-29H. The number of para-hydroxylation sites is 5. The minimum absolute atomic E-state index is 0.728. The van der Waals surface area contributed by atoms with Gasteiger partial charge in [-0.2, -0.15) is 0 Å². The lowest BCUT2D eigenvalue weighted by molar-refractivity contribution is 1.18. The van der Waals surface area contributed by atoms with Crippen molar-refractivity contribution in [3.8, 4) is 152 Å². The van der Waals surface area contributed by atoms with Gasteiger partial charge in [0.25, 0.3) is 0 Å². The Balaban J connectivity index is 0.000000108. The van der Waals surface area contributed by atoms with Gasteiger partial charge in [0, 0.05) is 113 Å². The second kappa shape index (κ2) is 37.8. The van der Waals surface area contributed by atoms with Gasteiger partial charge in [-0.25, -0.2) is 29.9 Å². The molecule has 150 heavy (non-hydrogen) atoms. The first-order valence-electron chi connectivity index (χ1n) is 50.5. The molecular weight excluding hydrogens is 1880 g/mol. The van der Waals surface area contributed by atoms with Crippen molar-refractivity contribution in [2.45, 2.75) is 0 Å². The van der Waals surface area contributed by atoms with Gasteiger partial charge < -0.3 is 13.7 Å². The van der Waals surface area contributed by atoms with Gasteiger partial charge in [-0.15, -0.1) is 34.0 Å². The summed E-state index contributed by atoms with van der Waals surface area (Å²) in [5.74, 6) is 2.20. The maximum absolute atomic E-state index is 5.33. The lowest BCUT2D eigenvalue weighted by atomic mass is 9.99. The summed E-state index contributed by atoms with van der Waals surface area (Å²) in [4.78, 5) is 31.6. The highest BCUT2D eigenvalue weighted by Gasteiger charge is 2.27. The quantitative estimate of drug-likeness (QED) is 0.102. The molecule has 30 aromatic rings. The van der Waals surface area contributed by atoms with E-state index in [2.05, 4.69) is 511 Å². The number of rotatable bonds is 15. The first-order valence-corrected chi connectivity index (χ1v) is 53.0. The Morgan fingerprint density at radius 3 is 0.733 bits per heavy atom. The van der Waals surface area contributed by atoms with Gasteiger partial charge in [-0.05, 0) is 170 Å². The fourth-order valence-corrected chi connectivity index (χ4v) is 25.5. The Labute approximate surface area is 876 Å². The van der Waals surface area contributed by atoms with Crippen LogP contribution in [-0.4, -0.2) is 43.6 Å². The number of nitrogens with zero attached hydrogens (tertiary/aromatic N) is 9. The molecule has 0 aliphatic rings. The summed E-state index contributed by atoms with van der Waals surface area (Å²) < 4.78 is 14.0. The summed E-state index contributed by atoms with van der Waals surface area (Å²) in [5, 5.41) is 11.0. The molecule has 30 rings (SSSR count). The first kappa shape index (κ1) is 88.6. The Morgan fingerprint density at radius 1 is 0.147 bits per heavy atom. The average Bonchev–Trinajstić information content (AvgIpc) is 1.58. The van der Waals surface area contributed by atoms with E-state index < -0.39 is 0 Å². The zero-order chi connectivity index (χ0) is 99.1. The van der Waals surface area contributed by atoms with Gasteiger partial charge >= 0.3 is 0 Å². The van der Waals surface area contributed by atoms with E-state index in [0.717, 1.165) is 154 Å². The highest BCUT2D eigenvalue weighted by molar-refractivity contribution is 7.27. The second-order valence-corrected chi connectivity index (χ2v) is 40.9. The van der Waals surface area contributed by atoms with Gasteiger partial charge in [0.2, 0.25) is 0 Å². The summed E-state index contributed by atoms with van der Waals surface area (Å²) in [6.07, 6.45) is 0. The molecule has 0 bridgehead atoms. The minimum Gasteiger partial charge on any atom is -0.309 e. The zero-order valence-electron chi connectivity index (χ0n) is 81.0. The van der Waals surface area contributed by atoms with E-state index in [9.17, 15) is 0 Å². The van der Waals surface area contributed by atoms with E-state index in [1.807, 2.05) is 30.3 Å². The maximum Gasteiger partial charge on any atom is 0.160 e. The van der Waals surface area contributed by atoms with Gasteiger partial charge in [0.1, 0.15) is 0 Å². The number of hydrogen-bond donors (Lipinski definition) is 0. The third-order valence-corrected chi connectivity index (χ3v) is 32.3. The summed E-state index contributed by atoms with van der Waals surface area (Å²) in [5.41, 5.74) is 36.8. The Morgan fingerprint density at radius 2 is 0.380 bits per heavy atom. The summed E-state index contributed by atoms with van der Waals surface area (Å²) in [6.45, 7) is 0. The van der Waals surface area contributed by atoms with Crippen LogP contribution in [-0.2, 0) is 0 Å². The Bertz CT molecular complexity index is 10400. The zero-order valence-corrected chi connectivity index (χ0v) is 83.4. The summed E-state index contributed by atoms with van der Waals surface area (Å²) in [7, 11) is 0. The van der Waals surface area contributed by atoms with Gasteiger partial charge in [-0.1, -0.05) is 425 Å². The monoisotopic (exact) mass is 1970 g/mol. The number of fused-ring (bicyclic) bond motifs is 18. The molecule has 21 aromatic carbocycles. The largest absolute Gasteiger partial charge is 0.309 e. The molecule has 0 aliphatic heterocycles. The third-order valence-electron chi connectivity index (χ3n) is 28.9. The maximum atomic E-state index is 5.33. The van der Waals surface area contributed by atoms with Crippen LogP contribution >= 0.6 is 34.0 Å². The van der Waals surface area contributed by atoms with Gasteiger partial charge in [-0.3, -0.25) is 0 Å². The van der Waals surface area contributed by atoms with E-state index in [-0.39, 0.29) is 0 Å². The van der Waals surface area contributed by atoms with Crippen molar-refractivity contribution in [3.63, 3.8) is 0 Å². The number of thiophene rings is 3. The van der Waals surface area contributed by atoms with Crippen LogP contribution in [0.3, 0.4) is 0 Å². The van der Waals surface area contributed by atoms with Crippen LogP contribution in [0.15, 0.2) is 528 Å². The van der Waals surface area contributed by atoms with Crippen LogP contribution in [0.2, 0.25) is 0 Å². The smallest absolute Gasteiger partial charge is 0.160 e. The average molecular weight is 1970 g/mol. The third kappa shape index (κ3) is 15.8. The summed E-state index contributed by atoms with van der Waals surface area (Å²) in [6, 6.07) is 187. The SMILES string of the molecule is c1ccc(-c2ccc(-c3nc(-c4ccccc4)nc4c3sc3cccc(-c5cccc(-n6c7ccccc7c7ccccc76)c5)c34)cc2)cc1.c1ccc(-c2ccc3c(c2)c2ccccc2n3-c2cccc(-c3cccc4sc5c(-c6ccccc6)nc(-c6ccccc6)nc5c34)c2)cc1.c1ccc(-c2cccc(-c3nc(-c4ccccc4)nc4c3sc3cccc(-c5cccc(-n6c7ccccc7c7ccccc76)c5)c34)c2)cc1. The van der Waals surface area contributed by atoms with E-state index in [0.29, 0.717) is 0 Å². The molecule has 0 radical (unpaired) electrons. The molecule has 0 N–H and O–H groups in total. The van der Waals surface area contributed by atoms with Crippen LogP contribution in [0.5, 0.6) is 0 Å². The van der Waals surface area contributed by atoms with Crippen molar-refractivity contribution in [3.05, 3.63) is 528 Å². The summed E-state index contributed by atoms with van der Waals surface area (Å²) >= 11 is 5.32. The first-order chi connectivity index (χ1) is 74.4. The molecule has 0 amide bonds. The molecule has 9 aromatic heterocycles. The van der Waals surface area contributed by atoms with E-state index in [1.54, 1.807) is 34.0 Å². The Hall–Kier alpha value is -19.1. The molecule has 0 spiro atoms. The molecule has 0 aliphatic carbocycles. The van der Waals surface area contributed by atoms with E-state index in [4.69, 9.17) is 29.9 Å². The number of hydrogen-bond acceptors (Lipinski definition) is 9. The molecular formula is C138H87N9S3. The van der Waals surface area contributed by atoms with Gasteiger partial charge in [0.15, 0.2) is 17.5 Å².